The van der Waals surface area contributed by atoms with Crippen LogP contribution in [0.2, 0.25) is 0 Å². The van der Waals surface area contributed by atoms with Crippen molar-refractivity contribution in [2.45, 2.75) is 44.6 Å². The van der Waals surface area contributed by atoms with Crippen LogP contribution in [0.4, 0.5) is 0 Å². The second-order valence-corrected chi connectivity index (χ2v) is 4.86. The molecule has 0 amide bonds. The normalized spacial score (nSPS) is 24.1. The van der Waals surface area contributed by atoms with Crippen LogP contribution in [0.5, 0.6) is 0 Å². The Morgan fingerprint density at radius 3 is 2.40 bits per heavy atom. The fraction of sp³-hybridized carbons (Fsp3) is 0.917. The van der Waals surface area contributed by atoms with E-state index >= 15 is 0 Å². The number of esters is 1. The SMILES string of the molecule is COC(=O)C(CNC1CCC1)C1CCC1. The van der Waals surface area contributed by atoms with Crippen molar-refractivity contribution in [1.82, 2.24) is 5.32 Å². The fourth-order valence-corrected chi connectivity index (χ4v) is 2.34. The number of methoxy groups -OCH3 is 1. The predicted octanol–water partition coefficient (Wildman–Crippen LogP) is 1.72. The fourth-order valence-electron chi connectivity index (χ4n) is 2.34. The van der Waals surface area contributed by atoms with Crippen molar-refractivity contribution >= 4 is 5.97 Å². The molecule has 0 aromatic heterocycles. The van der Waals surface area contributed by atoms with Crippen molar-refractivity contribution < 1.29 is 9.53 Å². The Morgan fingerprint density at radius 1 is 1.33 bits per heavy atom. The summed E-state index contributed by atoms with van der Waals surface area (Å²) in [6.45, 7) is 0.821. The third kappa shape index (κ3) is 2.51. The van der Waals surface area contributed by atoms with E-state index < -0.39 is 0 Å². The van der Waals surface area contributed by atoms with Crippen molar-refractivity contribution in [3.63, 3.8) is 0 Å². The molecule has 15 heavy (non-hydrogen) atoms. The van der Waals surface area contributed by atoms with Crippen LogP contribution in [0, 0.1) is 11.8 Å². The molecule has 0 aliphatic heterocycles. The first-order valence-electron chi connectivity index (χ1n) is 6.12. The first-order valence-corrected chi connectivity index (χ1v) is 6.12. The average Bonchev–Trinajstić information content (AvgIpc) is 2.09. The summed E-state index contributed by atoms with van der Waals surface area (Å²) in [5.74, 6) is 0.654. The summed E-state index contributed by atoms with van der Waals surface area (Å²) in [7, 11) is 1.50. The highest BCUT2D eigenvalue weighted by Crippen LogP contribution is 2.34. The maximum absolute atomic E-state index is 11.6. The van der Waals surface area contributed by atoms with E-state index in [-0.39, 0.29) is 11.9 Å². The summed E-state index contributed by atoms with van der Waals surface area (Å²) < 4.78 is 4.87. The maximum Gasteiger partial charge on any atom is 0.310 e. The van der Waals surface area contributed by atoms with Gasteiger partial charge >= 0.3 is 5.97 Å². The number of carbonyl (C=O) groups excluding carboxylic acids is 1. The van der Waals surface area contributed by atoms with Gasteiger partial charge in [-0.2, -0.15) is 0 Å². The Kier molecular flexibility index (Phi) is 3.62. The lowest BCUT2D eigenvalue weighted by molar-refractivity contribution is -0.148. The third-order valence-electron chi connectivity index (χ3n) is 3.95. The van der Waals surface area contributed by atoms with Crippen LogP contribution >= 0.6 is 0 Å². The second-order valence-electron chi connectivity index (χ2n) is 4.86. The molecule has 2 rings (SSSR count). The lowest BCUT2D eigenvalue weighted by Gasteiger charge is -2.34. The summed E-state index contributed by atoms with van der Waals surface area (Å²) in [5, 5.41) is 3.48. The molecule has 1 unspecified atom stereocenters. The standard InChI is InChI=1S/C12H21NO2/c1-15-12(14)11(9-4-2-5-9)8-13-10-6-3-7-10/h9-11,13H,2-8H2,1H3. The first kappa shape index (κ1) is 10.9. The van der Waals surface area contributed by atoms with E-state index in [0.717, 1.165) is 6.54 Å². The van der Waals surface area contributed by atoms with Gasteiger partial charge in [-0.15, -0.1) is 0 Å². The van der Waals surface area contributed by atoms with E-state index in [1.807, 2.05) is 0 Å². The number of rotatable bonds is 5. The minimum Gasteiger partial charge on any atom is -0.469 e. The van der Waals surface area contributed by atoms with Gasteiger partial charge in [-0.05, 0) is 31.6 Å². The van der Waals surface area contributed by atoms with Gasteiger partial charge in [0, 0.05) is 12.6 Å². The molecule has 0 aromatic carbocycles. The number of ether oxygens (including phenoxy) is 1. The monoisotopic (exact) mass is 211 g/mol. The molecule has 2 aliphatic rings. The van der Waals surface area contributed by atoms with Gasteiger partial charge in [0.05, 0.1) is 13.0 Å². The summed E-state index contributed by atoms with van der Waals surface area (Å²) >= 11 is 0. The Hall–Kier alpha value is -0.570. The topological polar surface area (TPSA) is 38.3 Å². The highest BCUT2D eigenvalue weighted by molar-refractivity contribution is 5.73. The van der Waals surface area contributed by atoms with E-state index in [4.69, 9.17) is 4.74 Å². The Balaban J connectivity index is 1.78. The van der Waals surface area contributed by atoms with Crippen LogP contribution in [-0.2, 0) is 9.53 Å². The minimum absolute atomic E-state index is 0.0217. The predicted molar refractivity (Wildman–Crippen MR) is 58.5 cm³/mol. The second kappa shape index (κ2) is 4.97. The number of carbonyl (C=O) groups is 1. The molecule has 1 N–H and O–H groups in total. The number of hydrogen-bond donors (Lipinski definition) is 1. The Morgan fingerprint density at radius 2 is 2.00 bits per heavy atom. The lowest BCUT2D eigenvalue weighted by Crippen LogP contribution is -2.43. The summed E-state index contributed by atoms with van der Waals surface area (Å²) in [6.07, 6.45) is 7.57. The summed E-state index contributed by atoms with van der Waals surface area (Å²) in [6, 6.07) is 0.664. The van der Waals surface area contributed by atoms with Gasteiger partial charge in [-0.3, -0.25) is 4.79 Å². The molecule has 0 radical (unpaired) electrons. The number of hydrogen-bond acceptors (Lipinski definition) is 3. The van der Waals surface area contributed by atoms with Gasteiger partial charge in [0.15, 0.2) is 0 Å². The van der Waals surface area contributed by atoms with Gasteiger partial charge in [0.25, 0.3) is 0 Å². The van der Waals surface area contributed by atoms with Gasteiger partial charge in [0.1, 0.15) is 0 Å². The molecule has 1 atom stereocenters. The molecule has 2 saturated carbocycles. The van der Waals surface area contributed by atoms with E-state index in [2.05, 4.69) is 5.32 Å². The largest absolute Gasteiger partial charge is 0.469 e. The van der Waals surface area contributed by atoms with E-state index in [0.29, 0.717) is 12.0 Å². The zero-order valence-electron chi connectivity index (χ0n) is 9.50. The molecule has 0 spiro atoms. The maximum atomic E-state index is 11.6. The van der Waals surface area contributed by atoms with Crippen LogP contribution in [0.25, 0.3) is 0 Å². The molecule has 0 heterocycles. The average molecular weight is 211 g/mol. The van der Waals surface area contributed by atoms with Crippen LogP contribution in [0.15, 0.2) is 0 Å². The van der Waals surface area contributed by atoms with Crippen LogP contribution in [0.1, 0.15) is 38.5 Å². The zero-order chi connectivity index (χ0) is 10.7. The van der Waals surface area contributed by atoms with Gasteiger partial charge in [-0.25, -0.2) is 0 Å². The van der Waals surface area contributed by atoms with E-state index in [1.165, 1.54) is 45.6 Å². The van der Waals surface area contributed by atoms with Crippen LogP contribution in [-0.4, -0.2) is 25.7 Å². The van der Waals surface area contributed by atoms with Crippen LogP contribution in [0.3, 0.4) is 0 Å². The smallest absolute Gasteiger partial charge is 0.310 e. The van der Waals surface area contributed by atoms with Crippen LogP contribution < -0.4 is 5.32 Å². The third-order valence-corrected chi connectivity index (χ3v) is 3.95. The molecule has 0 aromatic rings. The van der Waals surface area contributed by atoms with Crippen molar-refractivity contribution in [1.29, 1.82) is 0 Å². The van der Waals surface area contributed by atoms with E-state index in [1.54, 1.807) is 0 Å². The Labute approximate surface area is 91.6 Å². The van der Waals surface area contributed by atoms with E-state index in [9.17, 15) is 4.79 Å². The lowest BCUT2D eigenvalue weighted by atomic mass is 9.75. The minimum atomic E-state index is -0.0217. The summed E-state index contributed by atoms with van der Waals surface area (Å²) in [4.78, 5) is 11.6. The highest BCUT2D eigenvalue weighted by atomic mass is 16.5. The van der Waals surface area contributed by atoms with Gasteiger partial charge in [0.2, 0.25) is 0 Å². The first-order chi connectivity index (χ1) is 7.31. The number of nitrogens with one attached hydrogen (secondary N) is 1. The van der Waals surface area contributed by atoms with Crippen molar-refractivity contribution in [2.75, 3.05) is 13.7 Å². The zero-order valence-corrected chi connectivity index (χ0v) is 9.50. The van der Waals surface area contributed by atoms with Crippen molar-refractivity contribution in [3.05, 3.63) is 0 Å². The molecule has 86 valence electrons. The molecule has 3 nitrogen and oxygen atoms in total. The quantitative estimate of drug-likeness (QED) is 0.704. The Bertz CT molecular complexity index is 222. The molecular weight excluding hydrogens is 190 g/mol. The highest BCUT2D eigenvalue weighted by Gasteiger charge is 2.33. The molecule has 0 bridgehead atoms. The molecule has 2 aliphatic carbocycles. The van der Waals surface area contributed by atoms with Crippen molar-refractivity contribution in [3.8, 4) is 0 Å². The molecule has 2 fully saturated rings. The molecule has 0 saturated heterocycles. The van der Waals surface area contributed by atoms with Gasteiger partial charge < -0.3 is 10.1 Å². The van der Waals surface area contributed by atoms with Crippen molar-refractivity contribution in [2.24, 2.45) is 11.8 Å². The van der Waals surface area contributed by atoms with Gasteiger partial charge in [-0.1, -0.05) is 12.8 Å². The molecular formula is C12H21NO2. The summed E-state index contributed by atoms with van der Waals surface area (Å²) in [5.41, 5.74) is 0. The molecule has 3 heteroatoms.